The normalized spacial score (nSPS) is 10.2. The molecule has 3 rings (SSSR count). The highest BCUT2D eigenvalue weighted by molar-refractivity contribution is 7.07. The summed E-state index contributed by atoms with van der Waals surface area (Å²) >= 11 is 13.4. The van der Waals surface area contributed by atoms with Gasteiger partial charge in [0.25, 0.3) is 0 Å². The number of hydrogen-bond acceptors (Lipinski definition) is 2. The number of benzene rings is 2. The van der Waals surface area contributed by atoms with Gasteiger partial charge < -0.3 is 0 Å². The summed E-state index contributed by atoms with van der Waals surface area (Å²) in [5.41, 5.74) is 2.87. The highest BCUT2D eigenvalue weighted by Crippen LogP contribution is 2.27. The molecule has 0 spiro atoms. The van der Waals surface area contributed by atoms with Crippen LogP contribution < -0.4 is 4.80 Å². The molecule has 1 N–H and O–H groups in total. The van der Waals surface area contributed by atoms with Gasteiger partial charge in [-0.25, -0.2) is 0 Å². The lowest BCUT2D eigenvalue weighted by Gasteiger charge is -2.09. The summed E-state index contributed by atoms with van der Waals surface area (Å²) in [5.74, 6) is 0. The maximum absolute atomic E-state index is 8.11. The molecule has 0 aliphatic heterocycles. The van der Waals surface area contributed by atoms with Gasteiger partial charge in [-0.15, -0.1) is 23.7 Å². The summed E-state index contributed by atoms with van der Waals surface area (Å²) in [6, 6.07) is 15.4. The molecule has 0 unspecified atom stereocenters. The fraction of sp³-hybridized carbons (Fsp3) is 0. The lowest BCUT2D eigenvalue weighted by Crippen LogP contribution is -2.12. The Kier molecular flexibility index (Phi) is 5.12. The molecule has 3 aromatic rings. The fourth-order valence-corrected chi connectivity index (χ4v) is 3.08. The summed E-state index contributed by atoms with van der Waals surface area (Å²) in [6.07, 6.45) is 0. The van der Waals surface area contributed by atoms with Gasteiger partial charge in [-0.05, 0) is 23.8 Å². The van der Waals surface area contributed by atoms with Gasteiger partial charge in [-0.1, -0.05) is 53.5 Å². The third kappa shape index (κ3) is 3.16. The number of halogens is 3. The Balaban J connectivity index is 0.00000161. The molecule has 1 heterocycles. The van der Waals surface area contributed by atoms with Crippen LogP contribution in [0.5, 0.6) is 0 Å². The number of thiazole rings is 1. The molecule has 0 saturated carbocycles. The summed E-state index contributed by atoms with van der Waals surface area (Å²) in [7, 11) is 0. The van der Waals surface area contributed by atoms with Crippen LogP contribution in [0.2, 0.25) is 10.0 Å². The molecular weight excluding hydrogens is 347 g/mol. The molecule has 0 atom stereocenters. The van der Waals surface area contributed by atoms with Gasteiger partial charge in [0, 0.05) is 5.38 Å². The van der Waals surface area contributed by atoms with E-state index in [4.69, 9.17) is 28.6 Å². The fourth-order valence-electron chi connectivity index (χ4n) is 2.01. The zero-order chi connectivity index (χ0) is 14.1. The van der Waals surface area contributed by atoms with E-state index in [9.17, 15) is 0 Å². The van der Waals surface area contributed by atoms with Crippen molar-refractivity contribution in [2.75, 3.05) is 0 Å². The smallest absolute Gasteiger partial charge is 0.187 e. The Hall–Kier alpha value is -1.26. The third-order valence-corrected chi connectivity index (χ3v) is 4.44. The van der Waals surface area contributed by atoms with E-state index in [1.165, 1.54) is 11.3 Å². The lowest BCUT2D eigenvalue weighted by molar-refractivity contribution is 0.987. The number of hydrogen-bond donors (Lipinski definition) is 1. The molecule has 1 aromatic heterocycles. The van der Waals surface area contributed by atoms with Crippen LogP contribution in [0.4, 0.5) is 0 Å². The van der Waals surface area contributed by atoms with Gasteiger partial charge in [-0.2, -0.15) is 0 Å². The molecule has 0 aliphatic rings. The predicted octanol–water partition coefficient (Wildman–Crippen LogP) is 5.41. The van der Waals surface area contributed by atoms with Crippen molar-refractivity contribution < 1.29 is 0 Å². The summed E-state index contributed by atoms with van der Waals surface area (Å²) < 4.78 is 1.86. The first kappa shape index (κ1) is 16.1. The van der Waals surface area contributed by atoms with E-state index >= 15 is 0 Å². The second-order valence-corrected chi connectivity index (χ2v) is 5.90. The van der Waals surface area contributed by atoms with Crippen molar-refractivity contribution in [3.63, 3.8) is 0 Å². The molecular formula is C15H11Cl3N2S. The van der Waals surface area contributed by atoms with Crippen LogP contribution in [0.3, 0.4) is 0 Å². The van der Waals surface area contributed by atoms with Crippen molar-refractivity contribution in [2.45, 2.75) is 0 Å². The molecule has 0 amide bonds. The van der Waals surface area contributed by atoms with Crippen molar-refractivity contribution in [1.82, 2.24) is 4.57 Å². The minimum Gasteiger partial charge on any atom is -0.285 e. The van der Waals surface area contributed by atoms with Crippen molar-refractivity contribution in [3.05, 3.63) is 68.8 Å². The minimum atomic E-state index is 0. The van der Waals surface area contributed by atoms with Crippen molar-refractivity contribution in [1.29, 1.82) is 5.41 Å². The van der Waals surface area contributed by atoms with E-state index in [-0.39, 0.29) is 12.4 Å². The molecule has 108 valence electrons. The van der Waals surface area contributed by atoms with Crippen LogP contribution in [0, 0.1) is 5.41 Å². The van der Waals surface area contributed by atoms with Gasteiger partial charge in [-0.3, -0.25) is 9.98 Å². The first-order chi connectivity index (χ1) is 9.66. The SMILES string of the molecule is Cl.N=c1scc(-c2ccccc2)n1-c1ccc(Cl)c(Cl)c1. The molecule has 2 aromatic carbocycles. The lowest BCUT2D eigenvalue weighted by atomic mass is 10.1. The van der Waals surface area contributed by atoms with E-state index in [0.29, 0.717) is 14.8 Å². The Morgan fingerprint density at radius 2 is 1.67 bits per heavy atom. The van der Waals surface area contributed by atoms with Crippen LogP contribution in [-0.2, 0) is 0 Å². The van der Waals surface area contributed by atoms with Gasteiger partial charge in [0.15, 0.2) is 4.80 Å². The minimum absolute atomic E-state index is 0. The van der Waals surface area contributed by atoms with Crippen LogP contribution in [0.15, 0.2) is 53.9 Å². The first-order valence-corrected chi connectivity index (χ1v) is 7.56. The molecule has 0 fully saturated rings. The molecule has 0 saturated heterocycles. The predicted molar refractivity (Wildman–Crippen MR) is 92.2 cm³/mol. The quantitative estimate of drug-likeness (QED) is 0.635. The average molecular weight is 358 g/mol. The van der Waals surface area contributed by atoms with Gasteiger partial charge in [0.05, 0.1) is 21.4 Å². The maximum atomic E-state index is 8.11. The van der Waals surface area contributed by atoms with Gasteiger partial charge >= 0.3 is 0 Å². The largest absolute Gasteiger partial charge is 0.285 e. The van der Waals surface area contributed by atoms with Crippen LogP contribution in [0.1, 0.15) is 0 Å². The van der Waals surface area contributed by atoms with Crippen molar-refractivity contribution >= 4 is 46.9 Å². The van der Waals surface area contributed by atoms with Crippen molar-refractivity contribution in [3.8, 4) is 16.9 Å². The average Bonchev–Trinajstić information content (AvgIpc) is 2.85. The zero-order valence-electron chi connectivity index (χ0n) is 10.7. The van der Waals surface area contributed by atoms with E-state index in [1.807, 2.05) is 46.3 Å². The molecule has 0 bridgehead atoms. The number of nitrogens with zero attached hydrogens (tertiary/aromatic N) is 1. The number of rotatable bonds is 2. The van der Waals surface area contributed by atoms with E-state index in [2.05, 4.69) is 0 Å². The van der Waals surface area contributed by atoms with Gasteiger partial charge in [0.1, 0.15) is 0 Å². The Morgan fingerprint density at radius 1 is 0.952 bits per heavy atom. The molecule has 0 radical (unpaired) electrons. The van der Waals surface area contributed by atoms with Crippen LogP contribution >= 0.6 is 46.9 Å². The monoisotopic (exact) mass is 356 g/mol. The molecule has 21 heavy (non-hydrogen) atoms. The Labute approximate surface area is 142 Å². The second kappa shape index (κ2) is 6.67. The first-order valence-electron chi connectivity index (χ1n) is 5.93. The zero-order valence-corrected chi connectivity index (χ0v) is 13.9. The second-order valence-electron chi connectivity index (χ2n) is 4.23. The standard InChI is InChI=1S/C15H10Cl2N2S.ClH/c16-12-7-6-11(8-13(12)17)19-14(9-20-15(19)18)10-4-2-1-3-5-10;/h1-9,18H;1H. The van der Waals surface area contributed by atoms with E-state index < -0.39 is 0 Å². The molecule has 0 aliphatic carbocycles. The maximum Gasteiger partial charge on any atom is 0.187 e. The topological polar surface area (TPSA) is 28.8 Å². The van der Waals surface area contributed by atoms with E-state index in [1.54, 1.807) is 12.1 Å². The summed E-state index contributed by atoms with van der Waals surface area (Å²) in [4.78, 5) is 0.447. The number of aromatic nitrogens is 1. The van der Waals surface area contributed by atoms with Crippen molar-refractivity contribution in [2.24, 2.45) is 0 Å². The summed E-state index contributed by atoms with van der Waals surface area (Å²) in [6.45, 7) is 0. The molecule has 2 nitrogen and oxygen atoms in total. The van der Waals surface area contributed by atoms with Crippen LogP contribution in [0.25, 0.3) is 16.9 Å². The molecule has 6 heteroatoms. The van der Waals surface area contributed by atoms with E-state index in [0.717, 1.165) is 16.9 Å². The third-order valence-electron chi connectivity index (χ3n) is 2.96. The van der Waals surface area contributed by atoms with Gasteiger partial charge in [0.2, 0.25) is 0 Å². The Bertz CT molecular complexity index is 809. The Morgan fingerprint density at radius 3 is 2.33 bits per heavy atom. The summed E-state index contributed by atoms with van der Waals surface area (Å²) in [5, 5.41) is 11.1. The highest BCUT2D eigenvalue weighted by Gasteiger charge is 2.10. The number of nitrogens with one attached hydrogen (secondary N) is 1. The highest BCUT2D eigenvalue weighted by atomic mass is 35.5. The van der Waals surface area contributed by atoms with Crippen LogP contribution in [-0.4, -0.2) is 4.57 Å².